The highest BCUT2D eigenvalue weighted by atomic mass is 32.1. The zero-order valence-electron chi connectivity index (χ0n) is 19.5. The number of hydrogen-bond acceptors (Lipinski definition) is 7. The monoisotopic (exact) mass is 480 g/mol. The van der Waals surface area contributed by atoms with Gasteiger partial charge in [0.25, 0.3) is 0 Å². The second kappa shape index (κ2) is 10.7. The summed E-state index contributed by atoms with van der Waals surface area (Å²) in [5.41, 5.74) is 2.64. The highest BCUT2D eigenvalue weighted by molar-refractivity contribution is 7.15. The van der Waals surface area contributed by atoms with Gasteiger partial charge in [0.15, 0.2) is 6.04 Å². The third-order valence-corrected chi connectivity index (χ3v) is 6.58. The quantitative estimate of drug-likeness (QED) is 0.430. The van der Waals surface area contributed by atoms with Crippen LogP contribution >= 0.6 is 11.3 Å². The smallest absolute Gasteiger partial charge is 0.410 e. The maximum Gasteiger partial charge on any atom is 0.410 e. The maximum atomic E-state index is 12.6. The zero-order chi connectivity index (χ0) is 24.1. The molecule has 0 radical (unpaired) electrons. The van der Waals surface area contributed by atoms with Crippen LogP contribution in [0, 0.1) is 5.92 Å². The molecule has 1 aliphatic heterocycles. The number of methoxy groups -OCH3 is 1. The van der Waals surface area contributed by atoms with E-state index < -0.39 is 18.1 Å². The number of amides is 1. The van der Waals surface area contributed by atoms with E-state index in [1.807, 2.05) is 62.4 Å². The first-order valence-corrected chi connectivity index (χ1v) is 12.0. The number of aromatic nitrogens is 1. The second-order valence-corrected chi connectivity index (χ2v) is 9.64. The lowest BCUT2D eigenvalue weighted by molar-refractivity contribution is -0.147. The number of benzene rings is 1. The standard InChI is InChI=1S/C26H28N2O5S/c1-17(2)15-33-26(30)28-13-11-18-14-19(7-9-21(18)24(28)25(29)31-3)32-16-20-8-10-23(34-20)22-6-4-5-12-27-22/h4-10,12,14,17,24H,11,13,15-16H2,1-3H3. The van der Waals surface area contributed by atoms with Crippen LogP contribution in [-0.2, 0) is 27.3 Å². The Kier molecular flexibility index (Phi) is 7.47. The van der Waals surface area contributed by atoms with Gasteiger partial charge in [-0.3, -0.25) is 9.88 Å². The van der Waals surface area contributed by atoms with Gasteiger partial charge in [0.1, 0.15) is 12.4 Å². The number of ether oxygens (including phenoxy) is 3. The Hall–Kier alpha value is -3.39. The van der Waals surface area contributed by atoms with Gasteiger partial charge in [-0.15, -0.1) is 11.3 Å². The first-order chi connectivity index (χ1) is 16.5. The van der Waals surface area contributed by atoms with E-state index in [2.05, 4.69) is 4.98 Å². The molecule has 1 aliphatic rings. The predicted octanol–water partition coefficient (Wildman–Crippen LogP) is 5.25. The number of carbonyl (C=O) groups is 2. The number of hydrogen-bond donors (Lipinski definition) is 0. The van der Waals surface area contributed by atoms with E-state index in [-0.39, 0.29) is 5.92 Å². The maximum absolute atomic E-state index is 12.6. The molecule has 4 rings (SSSR count). The predicted molar refractivity (Wildman–Crippen MR) is 130 cm³/mol. The summed E-state index contributed by atoms with van der Waals surface area (Å²) < 4.78 is 16.4. The number of fused-ring (bicyclic) bond motifs is 1. The minimum Gasteiger partial charge on any atom is -0.488 e. The molecule has 0 saturated carbocycles. The molecule has 34 heavy (non-hydrogen) atoms. The van der Waals surface area contributed by atoms with Crippen molar-refractivity contribution < 1.29 is 23.8 Å². The molecule has 0 bridgehead atoms. The largest absolute Gasteiger partial charge is 0.488 e. The lowest BCUT2D eigenvalue weighted by Gasteiger charge is -2.35. The first kappa shape index (κ1) is 23.8. The molecule has 7 nitrogen and oxygen atoms in total. The van der Waals surface area contributed by atoms with Crippen LogP contribution in [0.4, 0.5) is 4.79 Å². The molecule has 0 spiro atoms. The summed E-state index contributed by atoms with van der Waals surface area (Å²) in [6, 6.07) is 14.7. The number of thiophene rings is 1. The van der Waals surface area contributed by atoms with Crippen molar-refractivity contribution in [2.75, 3.05) is 20.3 Å². The molecule has 2 aromatic heterocycles. The third kappa shape index (κ3) is 5.39. The molecule has 178 valence electrons. The summed E-state index contributed by atoms with van der Waals surface area (Å²) >= 11 is 1.64. The molecule has 1 unspecified atom stereocenters. The van der Waals surface area contributed by atoms with Gasteiger partial charge in [-0.25, -0.2) is 9.59 Å². The molecular weight excluding hydrogens is 452 g/mol. The normalized spacial score (nSPS) is 15.1. The molecule has 3 aromatic rings. The van der Waals surface area contributed by atoms with Crippen LogP contribution in [0.15, 0.2) is 54.7 Å². The highest BCUT2D eigenvalue weighted by Gasteiger charge is 2.38. The Morgan fingerprint density at radius 2 is 2.03 bits per heavy atom. The number of carbonyl (C=O) groups excluding carboxylic acids is 2. The van der Waals surface area contributed by atoms with E-state index in [0.29, 0.717) is 31.9 Å². The number of rotatable bonds is 7. The van der Waals surface area contributed by atoms with Crippen molar-refractivity contribution in [1.82, 2.24) is 9.88 Å². The number of esters is 1. The second-order valence-electron chi connectivity index (χ2n) is 8.47. The van der Waals surface area contributed by atoms with Crippen LogP contribution in [0.3, 0.4) is 0 Å². The van der Waals surface area contributed by atoms with Crippen molar-refractivity contribution in [3.63, 3.8) is 0 Å². The fraction of sp³-hybridized carbons (Fsp3) is 0.346. The lowest BCUT2D eigenvalue weighted by atomic mass is 9.92. The van der Waals surface area contributed by atoms with Gasteiger partial charge < -0.3 is 14.2 Å². The fourth-order valence-corrected chi connectivity index (χ4v) is 4.73. The summed E-state index contributed by atoms with van der Waals surface area (Å²) in [6.45, 7) is 5.03. The van der Waals surface area contributed by atoms with Gasteiger partial charge in [0.05, 0.1) is 24.3 Å². The molecular formula is C26H28N2O5S. The summed E-state index contributed by atoms with van der Waals surface area (Å²) in [4.78, 5) is 33.3. The Balaban J connectivity index is 1.47. The highest BCUT2D eigenvalue weighted by Crippen LogP contribution is 2.34. The van der Waals surface area contributed by atoms with Crippen LogP contribution in [0.2, 0.25) is 0 Å². The van der Waals surface area contributed by atoms with Crippen molar-refractivity contribution in [1.29, 1.82) is 0 Å². The summed E-state index contributed by atoms with van der Waals surface area (Å²) in [7, 11) is 1.33. The molecule has 8 heteroatoms. The fourth-order valence-electron chi connectivity index (χ4n) is 3.83. The molecule has 0 aliphatic carbocycles. The van der Waals surface area contributed by atoms with Crippen molar-refractivity contribution in [2.24, 2.45) is 5.92 Å². The summed E-state index contributed by atoms with van der Waals surface area (Å²) in [5.74, 6) is 0.434. The SMILES string of the molecule is COC(=O)C1c2ccc(OCc3ccc(-c4ccccn4)s3)cc2CCN1C(=O)OCC(C)C. The van der Waals surface area contributed by atoms with Crippen LogP contribution in [-0.4, -0.2) is 42.2 Å². The van der Waals surface area contributed by atoms with E-state index in [1.165, 1.54) is 12.0 Å². The minimum atomic E-state index is -0.833. The van der Waals surface area contributed by atoms with Crippen molar-refractivity contribution >= 4 is 23.4 Å². The molecule has 0 N–H and O–H groups in total. The topological polar surface area (TPSA) is 78.0 Å². The Morgan fingerprint density at radius 1 is 1.18 bits per heavy atom. The molecule has 1 amide bonds. The van der Waals surface area contributed by atoms with Crippen LogP contribution in [0.25, 0.3) is 10.6 Å². The summed E-state index contributed by atoms with van der Waals surface area (Å²) in [6.07, 6.45) is 1.88. The van der Waals surface area contributed by atoms with Gasteiger partial charge in [-0.05, 0) is 59.9 Å². The van der Waals surface area contributed by atoms with Gasteiger partial charge >= 0.3 is 12.1 Å². The molecule has 0 fully saturated rings. The van der Waals surface area contributed by atoms with E-state index in [4.69, 9.17) is 14.2 Å². The van der Waals surface area contributed by atoms with Crippen molar-refractivity contribution in [3.05, 3.63) is 70.7 Å². The summed E-state index contributed by atoms with van der Waals surface area (Å²) in [5, 5.41) is 0. The lowest BCUT2D eigenvalue weighted by Crippen LogP contribution is -2.44. The average Bonchev–Trinajstić information content (AvgIpc) is 3.34. The molecule has 3 heterocycles. The van der Waals surface area contributed by atoms with Gasteiger partial charge in [0, 0.05) is 17.6 Å². The van der Waals surface area contributed by atoms with E-state index in [0.717, 1.165) is 26.6 Å². The molecule has 1 aromatic carbocycles. The van der Waals surface area contributed by atoms with Crippen molar-refractivity contribution in [3.8, 4) is 16.3 Å². The van der Waals surface area contributed by atoms with Crippen molar-refractivity contribution in [2.45, 2.75) is 32.9 Å². The molecule has 1 atom stereocenters. The zero-order valence-corrected chi connectivity index (χ0v) is 20.3. The van der Waals surface area contributed by atoms with E-state index in [1.54, 1.807) is 17.5 Å². The van der Waals surface area contributed by atoms with Crippen LogP contribution in [0.5, 0.6) is 5.75 Å². The van der Waals surface area contributed by atoms with Gasteiger partial charge in [-0.1, -0.05) is 26.0 Å². The van der Waals surface area contributed by atoms with Gasteiger partial charge in [0.2, 0.25) is 0 Å². The Labute approximate surface area is 203 Å². The number of pyridine rings is 1. The van der Waals surface area contributed by atoms with Crippen LogP contribution in [0.1, 0.15) is 35.9 Å². The Bertz CT molecular complexity index is 1150. The number of nitrogens with zero attached hydrogens (tertiary/aromatic N) is 2. The Morgan fingerprint density at radius 3 is 2.76 bits per heavy atom. The molecule has 0 saturated heterocycles. The third-order valence-electron chi connectivity index (χ3n) is 5.50. The minimum absolute atomic E-state index is 0.209. The van der Waals surface area contributed by atoms with Gasteiger partial charge in [-0.2, -0.15) is 0 Å². The first-order valence-electron chi connectivity index (χ1n) is 11.2. The van der Waals surface area contributed by atoms with Crippen LogP contribution < -0.4 is 4.74 Å². The average molecular weight is 481 g/mol. The van der Waals surface area contributed by atoms with E-state index in [9.17, 15) is 9.59 Å². The van der Waals surface area contributed by atoms with E-state index >= 15 is 0 Å².